The van der Waals surface area contributed by atoms with E-state index in [2.05, 4.69) is 11.6 Å². The molecule has 1 amide bonds. The van der Waals surface area contributed by atoms with Crippen LogP contribution in [0.1, 0.15) is 10.4 Å². The second-order valence-electron chi connectivity index (χ2n) is 5.80. The Morgan fingerprint density at radius 2 is 2.07 bits per heavy atom. The number of nitro groups is 1. The number of primary sulfonamides is 1. The number of halogens is 1. The molecule has 0 fully saturated rings. The normalized spacial score (nSPS) is 12.3. The van der Waals surface area contributed by atoms with Gasteiger partial charge < -0.3 is 4.57 Å². The van der Waals surface area contributed by atoms with Gasteiger partial charge in [0.15, 0.2) is 4.80 Å². The van der Waals surface area contributed by atoms with E-state index in [-0.39, 0.29) is 26.0 Å². The smallest absolute Gasteiger partial charge is 0.281 e. The molecule has 12 heteroatoms. The van der Waals surface area contributed by atoms with Crippen LogP contribution in [0.4, 0.5) is 5.69 Å². The minimum Gasteiger partial charge on any atom is -0.312 e. The number of fused-ring (bicyclic) bond motifs is 1. The summed E-state index contributed by atoms with van der Waals surface area (Å²) >= 11 is 7.07. The molecule has 0 saturated carbocycles. The molecule has 3 rings (SSSR count). The predicted molar refractivity (Wildman–Crippen MR) is 109 cm³/mol. The zero-order valence-corrected chi connectivity index (χ0v) is 17.0. The molecule has 0 aliphatic rings. The fraction of sp³-hybridized carbons (Fsp3) is 0.0588. The van der Waals surface area contributed by atoms with Crippen LogP contribution in [0.5, 0.6) is 0 Å². The number of amides is 1. The average molecular weight is 453 g/mol. The van der Waals surface area contributed by atoms with Crippen LogP contribution in [-0.4, -0.2) is 23.8 Å². The number of non-ortho nitro benzene ring substituents is 1. The van der Waals surface area contributed by atoms with Crippen molar-refractivity contribution >= 4 is 54.8 Å². The lowest BCUT2D eigenvalue weighted by Gasteiger charge is -2.03. The summed E-state index contributed by atoms with van der Waals surface area (Å²) in [6.45, 7) is 3.96. The van der Waals surface area contributed by atoms with E-state index in [0.717, 1.165) is 17.4 Å². The van der Waals surface area contributed by atoms with Crippen LogP contribution < -0.4 is 9.94 Å². The fourth-order valence-electron chi connectivity index (χ4n) is 2.56. The van der Waals surface area contributed by atoms with Gasteiger partial charge in [-0.25, -0.2) is 13.6 Å². The Kier molecular flexibility index (Phi) is 5.66. The van der Waals surface area contributed by atoms with Crippen LogP contribution in [0.15, 0.2) is 58.9 Å². The second-order valence-corrected chi connectivity index (χ2v) is 8.77. The van der Waals surface area contributed by atoms with Crippen molar-refractivity contribution in [2.24, 2.45) is 10.1 Å². The summed E-state index contributed by atoms with van der Waals surface area (Å²) in [6, 6.07) is 7.79. The van der Waals surface area contributed by atoms with Crippen LogP contribution >= 0.6 is 22.9 Å². The molecule has 0 radical (unpaired) electrons. The quantitative estimate of drug-likeness (QED) is 0.360. The molecule has 150 valence electrons. The molecular weight excluding hydrogens is 440 g/mol. The molecule has 0 saturated heterocycles. The van der Waals surface area contributed by atoms with Gasteiger partial charge in [0.2, 0.25) is 10.0 Å². The van der Waals surface area contributed by atoms with Gasteiger partial charge in [0.25, 0.3) is 11.6 Å². The van der Waals surface area contributed by atoms with E-state index >= 15 is 0 Å². The molecule has 2 N–H and O–H groups in total. The monoisotopic (exact) mass is 452 g/mol. The summed E-state index contributed by atoms with van der Waals surface area (Å²) in [7, 11) is -3.90. The van der Waals surface area contributed by atoms with E-state index in [9.17, 15) is 23.3 Å². The van der Waals surface area contributed by atoms with Crippen molar-refractivity contribution in [3.63, 3.8) is 0 Å². The molecule has 9 nitrogen and oxygen atoms in total. The van der Waals surface area contributed by atoms with E-state index in [0.29, 0.717) is 16.8 Å². The third kappa shape index (κ3) is 4.27. The number of nitrogens with two attached hydrogens (primary N) is 1. The molecule has 3 aromatic rings. The first kappa shape index (κ1) is 20.9. The maximum atomic E-state index is 12.6. The molecule has 0 spiro atoms. The topological polar surface area (TPSA) is 138 Å². The zero-order chi connectivity index (χ0) is 21.3. The molecule has 0 bridgehead atoms. The van der Waals surface area contributed by atoms with Gasteiger partial charge >= 0.3 is 0 Å². The molecule has 29 heavy (non-hydrogen) atoms. The zero-order valence-electron chi connectivity index (χ0n) is 14.6. The predicted octanol–water partition coefficient (Wildman–Crippen LogP) is 2.84. The molecule has 0 aliphatic carbocycles. The number of thiazole rings is 1. The third-order valence-electron chi connectivity index (χ3n) is 3.88. The molecular formula is C17H13ClN4O5S2. The fourth-order valence-corrected chi connectivity index (χ4v) is 4.45. The number of carbonyl (C=O) groups excluding carboxylic acids is 1. The SMILES string of the molecule is C=CCn1c(=NC(=O)c2cc([N+](=O)[O-])ccc2Cl)sc2cc(S(N)(=O)=O)ccc21. The van der Waals surface area contributed by atoms with Gasteiger partial charge in [-0.15, -0.1) is 6.58 Å². The molecule has 1 aromatic heterocycles. The number of aromatic nitrogens is 1. The molecule has 0 atom stereocenters. The Balaban J connectivity index is 2.20. The highest BCUT2D eigenvalue weighted by atomic mass is 35.5. The van der Waals surface area contributed by atoms with Crippen molar-refractivity contribution in [3.8, 4) is 0 Å². The van der Waals surface area contributed by atoms with Crippen molar-refractivity contribution in [2.75, 3.05) is 0 Å². The van der Waals surface area contributed by atoms with Crippen LogP contribution in [0.3, 0.4) is 0 Å². The van der Waals surface area contributed by atoms with Crippen molar-refractivity contribution < 1.29 is 18.1 Å². The van der Waals surface area contributed by atoms with Crippen LogP contribution in [0.2, 0.25) is 5.02 Å². The lowest BCUT2D eigenvalue weighted by atomic mass is 10.2. The lowest BCUT2D eigenvalue weighted by molar-refractivity contribution is -0.384. The Hall–Kier alpha value is -2.86. The Morgan fingerprint density at radius 3 is 2.69 bits per heavy atom. The number of nitro benzene ring substituents is 1. The van der Waals surface area contributed by atoms with Gasteiger partial charge in [-0.1, -0.05) is 29.0 Å². The van der Waals surface area contributed by atoms with Gasteiger partial charge in [-0.05, 0) is 24.3 Å². The van der Waals surface area contributed by atoms with E-state index in [1.165, 1.54) is 24.3 Å². The highest BCUT2D eigenvalue weighted by Crippen LogP contribution is 2.24. The number of rotatable bonds is 5. The van der Waals surface area contributed by atoms with Crippen LogP contribution in [0, 0.1) is 10.1 Å². The van der Waals surface area contributed by atoms with Gasteiger partial charge in [0.1, 0.15) is 0 Å². The Labute approximate surface area is 173 Å². The number of carbonyl (C=O) groups is 1. The molecule has 0 aliphatic heterocycles. The Morgan fingerprint density at radius 1 is 1.34 bits per heavy atom. The van der Waals surface area contributed by atoms with Crippen LogP contribution in [-0.2, 0) is 16.6 Å². The van der Waals surface area contributed by atoms with Crippen molar-refractivity contribution in [3.05, 3.63) is 74.6 Å². The van der Waals surface area contributed by atoms with Crippen molar-refractivity contribution in [1.29, 1.82) is 0 Å². The highest BCUT2D eigenvalue weighted by Gasteiger charge is 2.17. The number of benzene rings is 2. The average Bonchev–Trinajstić information content (AvgIpc) is 2.98. The van der Waals surface area contributed by atoms with Crippen molar-refractivity contribution in [1.82, 2.24) is 4.57 Å². The van der Waals surface area contributed by atoms with E-state index in [4.69, 9.17) is 16.7 Å². The first-order valence-corrected chi connectivity index (χ1v) is 10.7. The van der Waals surface area contributed by atoms with Gasteiger partial charge in [0, 0.05) is 18.7 Å². The second kappa shape index (κ2) is 7.87. The summed E-state index contributed by atoms with van der Waals surface area (Å²) in [5.74, 6) is -0.769. The maximum Gasteiger partial charge on any atom is 0.281 e. The Bertz CT molecular complexity index is 1340. The summed E-state index contributed by atoms with van der Waals surface area (Å²) in [4.78, 5) is 27.2. The molecule has 2 aromatic carbocycles. The van der Waals surface area contributed by atoms with Gasteiger partial charge in [-0.3, -0.25) is 14.9 Å². The third-order valence-corrected chi connectivity index (χ3v) is 6.16. The van der Waals surface area contributed by atoms with E-state index in [1.807, 2.05) is 0 Å². The first-order chi connectivity index (χ1) is 13.6. The van der Waals surface area contributed by atoms with Gasteiger partial charge in [0.05, 0.1) is 30.6 Å². The summed E-state index contributed by atoms with van der Waals surface area (Å²) < 4.78 is 25.4. The van der Waals surface area contributed by atoms with E-state index < -0.39 is 20.9 Å². The van der Waals surface area contributed by atoms with E-state index in [1.54, 1.807) is 16.7 Å². The largest absolute Gasteiger partial charge is 0.312 e. The summed E-state index contributed by atoms with van der Waals surface area (Å²) in [5.41, 5.74) is 0.216. The minimum atomic E-state index is -3.90. The number of hydrogen-bond donors (Lipinski definition) is 1. The van der Waals surface area contributed by atoms with Crippen molar-refractivity contribution in [2.45, 2.75) is 11.4 Å². The maximum absolute atomic E-state index is 12.6. The lowest BCUT2D eigenvalue weighted by Crippen LogP contribution is -2.16. The first-order valence-electron chi connectivity index (χ1n) is 7.92. The standard InChI is InChI=1S/C17H13ClN4O5S2/c1-2-7-21-14-6-4-11(29(19,26)27)9-15(14)28-17(21)20-16(23)12-8-10(22(24)25)3-5-13(12)18/h2-6,8-9H,1,7H2,(H2,19,26,27). The summed E-state index contributed by atoms with van der Waals surface area (Å²) in [6.07, 6.45) is 1.59. The van der Waals surface area contributed by atoms with Gasteiger partial charge in [-0.2, -0.15) is 4.99 Å². The minimum absolute atomic E-state index is 0.0252. The van der Waals surface area contributed by atoms with Crippen LogP contribution in [0.25, 0.3) is 10.2 Å². The number of sulfonamides is 1. The molecule has 1 heterocycles. The number of allylic oxidation sites excluding steroid dienone is 1. The number of hydrogen-bond acceptors (Lipinski definition) is 6. The summed E-state index contributed by atoms with van der Waals surface area (Å²) in [5, 5.41) is 16.2. The highest BCUT2D eigenvalue weighted by molar-refractivity contribution is 7.89. The molecule has 0 unspecified atom stereocenters. The number of nitrogens with zero attached hydrogens (tertiary/aromatic N) is 3.